The largest absolute Gasteiger partial charge is 0.497 e. The molecule has 0 bridgehead atoms. The average Bonchev–Trinajstić information content (AvgIpc) is 3.75. The van der Waals surface area contributed by atoms with E-state index in [1.54, 1.807) is 14.2 Å². The topological polar surface area (TPSA) is 82.3 Å². The Bertz CT molecular complexity index is 1480. The number of aromatic amines is 2. The van der Waals surface area contributed by atoms with Crippen molar-refractivity contribution in [1.82, 2.24) is 30.2 Å². The molecule has 2 N–H and O–H groups in total. The van der Waals surface area contributed by atoms with E-state index in [4.69, 9.17) is 9.47 Å². The number of unbranched alkanes of at least 4 members (excludes halogenated alkanes) is 2. The van der Waals surface area contributed by atoms with Crippen molar-refractivity contribution in [1.29, 1.82) is 0 Å². The fraction of sp³-hybridized carbons (Fsp3) is 0.650. The number of H-pyrrole nitrogens is 2. The number of fused-ring (bicyclic) bond motifs is 2. The molecule has 8 nitrogen and oxygen atoms in total. The molecule has 0 radical (unpaired) electrons. The number of benzene rings is 2. The maximum absolute atomic E-state index is 5.50. The van der Waals surface area contributed by atoms with Gasteiger partial charge < -0.3 is 19.3 Å². The SMILES string of the molecule is CCCCC1CCN(CCCc2n[nH]c3cc(OC)ccc23)CC1.CCCCC1CCN(CCCc2n[nH]c3cccc(OC)c23)CC1. The van der Waals surface area contributed by atoms with Gasteiger partial charge in [-0.3, -0.25) is 10.2 Å². The second kappa shape index (κ2) is 19.2. The zero-order valence-corrected chi connectivity index (χ0v) is 30.4. The third kappa shape index (κ3) is 10.2. The van der Waals surface area contributed by atoms with Gasteiger partial charge in [0, 0.05) is 11.5 Å². The van der Waals surface area contributed by atoms with Crippen LogP contribution < -0.4 is 9.47 Å². The molecule has 0 unspecified atom stereocenters. The summed E-state index contributed by atoms with van der Waals surface area (Å²) in [4.78, 5) is 5.27. The molecule has 0 saturated carbocycles. The standard InChI is InChI=1S/2C20H31N3O/c1-3-4-7-16-11-14-23(15-12-16)13-6-9-18-20-17(21-22-18)8-5-10-19(20)24-2;1-3-4-6-16-10-13-23(14-11-16)12-5-7-19-18-9-8-17(24-2)15-20(18)22-21-19/h5,8,10,16H,3-4,6-7,9,11-15H2,1-2H3,(H,21,22);8-9,15-16H,3-7,10-14H2,1-2H3,(H,21,22). The van der Waals surface area contributed by atoms with Crippen LogP contribution in [0, 0.1) is 11.8 Å². The van der Waals surface area contributed by atoms with Crippen LogP contribution in [0.15, 0.2) is 36.4 Å². The maximum Gasteiger partial charge on any atom is 0.130 e. The van der Waals surface area contributed by atoms with Gasteiger partial charge >= 0.3 is 0 Å². The Morgan fingerprint density at radius 2 is 1.27 bits per heavy atom. The van der Waals surface area contributed by atoms with E-state index in [0.29, 0.717) is 0 Å². The summed E-state index contributed by atoms with van der Waals surface area (Å²) in [6.45, 7) is 12.1. The highest BCUT2D eigenvalue weighted by Crippen LogP contribution is 2.29. The Labute approximate surface area is 289 Å². The molecule has 6 rings (SSSR count). The number of piperidine rings is 2. The first kappa shape index (κ1) is 36.2. The van der Waals surface area contributed by atoms with Gasteiger partial charge in [0.2, 0.25) is 0 Å². The smallest absolute Gasteiger partial charge is 0.130 e. The maximum atomic E-state index is 5.50. The summed E-state index contributed by atoms with van der Waals surface area (Å²) in [7, 11) is 3.43. The number of methoxy groups -OCH3 is 2. The molecule has 2 aliphatic heterocycles. The van der Waals surface area contributed by atoms with Crippen LogP contribution in [0.2, 0.25) is 0 Å². The first-order valence-electron chi connectivity index (χ1n) is 19.1. The molecule has 2 aliphatic rings. The molecular formula is C40H62N6O2. The van der Waals surface area contributed by atoms with E-state index in [-0.39, 0.29) is 0 Å². The van der Waals surface area contributed by atoms with Crippen molar-refractivity contribution >= 4 is 21.8 Å². The predicted molar refractivity (Wildman–Crippen MR) is 199 cm³/mol. The van der Waals surface area contributed by atoms with Gasteiger partial charge in [-0.1, -0.05) is 58.4 Å². The molecule has 264 valence electrons. The van der Waals surface area contributed by atoms with Crippen LogP contribution in [0.5, 0.6) is 11.5 Å². The van der Waals surface area contributed by atoms with Crippen molar-refractivity contribution in [3.8, 4) is 11.5 Å². The highest BCUT2D eigenvalue weighted by atomic mass is 16.5. The number of aryl methyl sites for hydroxylation is 2. The number of likely N-dealkylation sites (tertiary alicyclic amines) is 2. The summed E-state index contributed by atoms with van der Waals surface area (Å²) in [6, 6.07) is 12.2. The monoisotopic (exact) mass is 658 g/mol. The molecule has 2 aromatic heterocycles. The van der Waals surface area contributed by atoms with E-state index in [9.17, 15) is 0 Å². The van der Waals surface area contributed by atoms with Crippen molar-refractivity contribution in [2.24, 2.45) is 11.8 Å². The Morgan fingerprint density at radius 1 is 0.688 bits per heavy atom. The molecule has 2 saturated heterocycles. The fourth-order valence-corrected chi connectivity index (χ4v) is 7.75. The fourth-order valence-electron chi connectivity index (χ4n) is 7.75. The molecule has 2 fully saturated rings. The van der Waals surface area contributed by atoms with E-state index >= 15 is 0 Å². The number of ether oxygens (including phenoxy) is 2. The van der Waals surface area contributed by atoms with Crippen LogP contribution in [0.25, 0.3) is 21.8 Å². The minimum Gasteiger partial charge on any atom is -0.497 e. The van der Waals surface area contributed by atoms with Gasteiger partial charge in [0.1, 0.15) is 11.5 Å². The Balaban J connectivity index is 0.000000188. The van der Waals surface area contributed by atoms with E-state index in [1.807, 2.05) is 24.3 Å². The number of nitrogens with one attached hydrogen (secondary N) is 2. The van der Waals surface area contributed by atoms with Crippen molar-refractivity contribution in [2.75, 3.05) is 53.5 Å². The van der Waals surface area contributed by atoms with Crippen LogP contribution in [0.3, 0.4) is 0 Å². The zero-order chi connectivity index (χ0) is 33.6. The summed E-state index contributed by atoms with van der Waals surface area (Å²) in [5.41, 5.74) is 4.47. The summed E-state index contributed by atoms with van der Waals surface area (Å²) in [5, 5.41) is 17.7. The molecule has 8 heteroatoms. The zero-order valence-electron chi connectivity index (χ0n) is 30.4. The molecular weight excluding hydrogens is 596 g/mol. The average molecular weight is 659 g/mol. The minimum absolute atomic E-state index is 0.878. The molecule has 0 atom stereocenters. The van der Waals surface area contributed by atoms with Gasteiger partial charge in [0.05, 0.1) is 42.0 Å². The first-order chi connectivity index (χ1) is 23.6. The minimum atomic E-state index is 0.878. The van der Waals surface area contributed by atoms with E-state index in [1.165, 1.54) is 121 Å². The summed E-state index contributed by atoms with van der Waals surface area (Å²) < 4.78 is 10.8. The summed E-state index contributed by atoms with van der Waals surface area (Å²) in [5.74, 6) is 3.75. The summed E-state index contributed by atoms with van der Waals surface area (Å²) in [6.07, 6.45) is 18.3. The van der Waals surface area contributed by atoms with Gasteiger partial charge in [-0.05, 0) is 127 Å². The number of nitrogens with zero attached hydrogens (tertiary/aromatic N) is 4. The number of hydrogen-bond acceptors (Lipinski definition) is 6. The van der Waals surface area contributed by atoms with Crippen molar-refractivity contribution in [3.63, 3.8) is 0 Å². The van der Waals surface area contributed by atoms with E-state index < -0.39 is 0 Å². The number of aromatic nitrogens is 4. The summed E-state index contributed by atoms with van der Waals surface area (Å²) >= 11 is 0. The van der Waals surface area contributed by atoms with Gasteiger partial charge in [0.25, 0.3) is 0 Å². The third-order valence-electron chi connectivity index (χ3n) is 10.8. The van der Waals surface area contributed by atoms with Crippen LogP contribution >= 0.6 is 0 Å². The highest BCUT2D eigenvalue weighted by molar-refractivity contribution is 5.87. The van der Waals surface area contributed by atoms with Gasteiger partial charge in [-0.2, -0.15) is 10.2 Å². The van der Waals surface area contributed by atoms with Crippen molar-refractivity contribution in [3.05, 3.63) is 47.8 Å². The van der Waals surface area contributed by atoms with E-state index in [0.717, 1.165) is 64.7 Å². The van der Waals surface area contributed by atoms with Gasteiger partial charge in [-0.15, -0.1) is 0 Å². The molecule has 0 aliphatic carbocycles. The molecule has 48 heavy (non-hydrogen) atoms. The molecule has 0 amide bonds. The molecule has 0 spiro atoms. The Hall–Kier alpha value is -3.10. The van der Waals surface area contributed by atoms with Gasteiger partial charge in [0.15, 0.2) is 0 Å². The molecule has 4 heterocycles. The van der Waals surface area contributed by atoms with E-state index in [2.05, 4.69) is 56.2 Å². The quantitative estimate of drug-likeness (QED) is 0.125. The Morgan fingerprint density at radius 3 is 1.85 bits per heavy atom. The lowest BCUT2D eigenvalue weighted by molar-refractivity contribution is 0.176. The Kier molecular flexibility index (Phi) is 14.5. The predicted octanol–water partition coefficient (Wildman–Crippen LogP) is 8.81. The third-order valence-corrected chi connectivity index (χ3v) is 10.8. The number of rotatable bonds is 16. The lowest BCUT2D eigenvalue weighted by Crippen LogP contribution is -2.34. The normalized spacial score (nSPS) is 16.8. The highest BCUT2D eigenvalue weighted by Gasteiger charge is 2.20. The number of hydrogen-bond donors (Lipinski definition) is 2. The van der Waals surface area contributed by atoms with Gasteiger partial charge in [-0.25, -0.2) is 0 Å². The van der Waals surface area contributed by atoms with Crippen molar-refractivity contribution in [2.45, 2.75) is 104 Å². The van der Waals surface area contributed by atoms with Crippen molar-refractivity contribution < 1.29 is 9.47 Å². The lowest BCUT2D eigenvalue weighted by atomic mass is 9.91. The van der Waals surface area contributed by atoms with Crippen LogP contribution in [0.4, 0.5) is 0 Å². The second-order valence-corrected chi connectivity index (χ2v) is 14.2. The van der Waals surface area contributed by atoms with Crippen LogP contribution in [0.1, 0.15) is 102 Å². The second-order valence-electron chi connectivity index (χ2n) is 14.2. The molecule has 2 aromatic carbocycles. The first-order valence-corrected chi connectivity index (χ1v) is 19.1. The lowest BCUT2D eigenvalue weighted by Gasteiger charge is -2.31. The van der Waals surface area contributed by atoms with Crippen LogP contribution in [-0.4, -0.2) is 83.7 Å². The van der Waals surface area contributed by atoms with Crippen LogP contribution in [-0.2, 0) is 12.8 Å². The molecule has 4 aromatic rings.